The van der Waals surface area contributed by atoms with Crippen molar-refractivity contribution >= 4 is 17.3 Å². The summed E-state index contributed by atoms with van der Waals surface area (Å²) >= 11 is 6.00. The monoisotopic (exact) mass is 307 g/mol. The fraction of sp³-hybridized carbons (Fsp3) is 0.200. The molecule has 0 radical (unpaired) electrons. The number of non-ortho nitro benzene ring substituents is 1. The van der Waals surface area contributed by atoms with Crippen LogP contribution < -0.4 is 4.74 Å². The second-order valence-electron chi connectivity index (χ2n) is 4.57. The molecule has 21 heavy (non-hydrogen) atoms. The summed E-state index contributed by atoms with van der Waals surface area (Å²) in [5, 5.41) is 20.4. The van der Waals surface area contributed by atoms with E-state index < -0.39 is 11.0 Å². The van der Waals surface area contributed by atoms with Crippen molar-refractivity contribution in [2.45, 2.75) is 19.6 Å². The molecule has 1 N–H and O–H groups in total. The number of aliphatic hydroxyl groups excluding tert-OH is 1. The van der Waals surface area contributed by atoms with E-state index >= 15 is 0 Å². The van der Waals surface area contributed by atoms with E-state index in [9.17, 15) is 15.2 Å². The third-order valence-electron chi connectivity index (χ3n) is 2.98. The predicted octanol–water partition coefficient (Wildman–Crippen LogP) is 3.88. The third kappa shape index (κ3) is 3.93. The number of nitro groups is 1. The molecule has 0 amide bonds. The summed E-state index contributed by atoms with van der Waals surface area (Å²) in [5.74, 6) is 0.600. The van der Waals surface area contributed by atoms with Crippen LogP contribution in [0.5, 0.6) is 5.75 Å². The molecular weight excluding hydrogens is 294 g/mol. The highest BCUT2D eigenvalue weighted by Crippen LogP contribution is 2.25. The van der Waals surface area contributed by atoms with Crippen molar-refractivity contribution in [3.63, 3.8) is 0 Å². The van der Waals surface area contributed by atoms with Crippen LogP contribution in [0.25, 0.3) is 0 Å². The minimum Gasteiger partial charge on any atom is -0.489 e. The molecule has 0 saturated carbocycles. The smallest absolute Gasteiger partial charge is 0.270 e. The summed E-state index contributed by atoms with van der Waals surface area (Å²) in [7, 11) is 0. The van der Waals surface area contributed by atoms with Crippen molar-refractivity contribution < 1.29 is 14.8 Å². The van der Waals surface area contributed by atoms with Crippen molar-refractivity contribution in [1.29, 1.82) is 0 Å². The Kier molecular flexibility index (Phi) is 4.77. The van der Waals surface area contributed by atoms with Gasteiger partial charge in [-0.2, -0.15) is 0 Å². The van der Waals surface area contributed by atoms with Gasteiger partial charge < -0.3 is 9.84 Å². The maximum absolute atomic E-state index is 10.6. The molecule has 6 heteroatoms. The van der Waals surface area contributed by atoms with Crippen LogP contribution in [0, 0.1) is 10.1 Å². The molecule has 0 unspecified atom stereocenters. The maximum Gasteiger partial charge on any atom is 0.270 e. The second-order valence-corrected chi connectivity index (χ2v) is 4.98. The van der Waals surface area contributed by atoms with Gasteiger partial charge in [0.25, 0.3) is 5.69 Å². The largest absolute Gasteiger partial charge is 0.489 e. The summed E-state index contributed by atoms with van der Waals surface area (Å²) in [6.07, 6.45) is -0.573. The Hall–Kier alpha value is -2.11. The van der Waals surface area contributed by atoms with Crippen molar-refractivity contribution in [3.8, 4) is 5.75 Å². The molecule has 0 saturated heterocycles. The molecule has 0 aromatic heterocycles. The van der Waals surface area contributed by atoms with E-state index in [1.54, 1.807) is 37.3 Å². The zero-order valence-electron chi connectivity index (χ0n) is 11.3. The van der Waals surface area contributed by atoms with Gasteiger partial charge in [0.05, 0.1) is 16.0 Å². The number of ether oxygens (including phenoxy) is 1. The topological polar surface area (TPSA) is 72.6 Å². The first kappa shape index (κ1) is 15.3. The summed E-state index contributed by atoms with van der Waals surface area (Å²) in [4.78, 5) is 10.1. The van der Waals surface area contributed by atoms with Gasteiger partial charge >= 0.3 is 0 Å². The Morgan fingerprint density at radius 2 is 2.10 bits per heavy atom. The number of hydrogen-bond donors (Lipinski definition) is 1. The second kappa shape index (κ2) is 6.56. The van der Waals surface area contributed by atoms with Gasteiger partial charge in [-0.15, -0.1) is 0 Å². The first-order valence-corrected chi connectivity index (χ1v) is 6.69. The minimum absolute atomic E-state index is 0.0557. The van der Waals surface area contributed by atoms with Crippen molar-refractivity contribution in [1.82, 2.24) is 0 Å². The zero-order chi connectivity index (χ0) is 15.4. The molecule has 2 aromatic rings. The molecule has 0 aliphatic rings. The van der Waals surface area contributed by atoms with Gasteiger partial charge in [0.2, 0.25) is 0 Å². The number of benzene rings is 2. The molecule has 0 heterocycles. The standard InChI is InChI=1S/C15H14ClNO4/c1-10(18)11-3-2-4-14(7-11)21-9-12-5-6-13(17(19)20)8-15(12)16/h2-8,10,18H,9H2,1H3/t10-/m0/s1. The van der Waals surface area contributed by atoms with Crippen LogP contribution >= 0.6 is 11.6 Å². The van der Waals surface area contributed by atoms with E-state index in [0.717, 1.165) is 5.56 Å². The highest BCUT2D eigenvalue weighted by atomic mass is 35.5. The lowest BCUT2D eigenvalue weighted by atomic mass is 10.1. The van der Waals surface area contributed by atoms with Crippen LogP contribution in [0.15, 0.2) is 42.5 Å². The zero-order valence-corrected chi connectivity index (χ0v) is 12.1. The molecule has 2 aromatic carbocycles. The summed E-state index contributed by atoms with van der Waals surface area (Å²) < 4.78 is 5.60. The fourth-order valence-electron chi connectivity index (χ4n) is 1.79. The average Bonchev–Trinajstić information content (AvgIpc) is 2.46. The first-order valence-electron chi connectivity index (χ1n) is 6.31. The van der Waals surface area contributed by atoms with E-state index in [4.69, 9.17) is 16.3 Å². The maximum atomic E-state index is 10.6. The minimum atomic E-state index is -0.573. The lowest BCUT2D eigenvalue weighted by molar-refractivity contribution is -0.384. The fourth-order valence-corrected chi connectivity index (χ4v) is 2.02. The SMILES string of the molecule is C[C@H](O)c1cccc(OCc2ccc([N+](=O)[O-])cc2Cl)c1. The average molecular weight is 308 g/mol. The highest BCUT2D eigenvalue weighted by Gasteiger charge is 2.10. The normalized spacial score (nSPS) is 12.0. The van der Waals surface area contributed by atoms with Crippen LogP contribution in [0.2, 0.25) is 5.02 Å². The molecule has 0 aliphatic carbocycles. The van der Waals surface area contributed by atoms with Gasteiger partial charge in [0.15, 0.2) is 0 Å². The molecule has 0 spiro atoms. The van der Waals surface area contributed by atoms with Gasteiger partial charge in [-0.1, -0.05) is 23.7 Å². The van der Waals surface area contributed by atoms with Gasteiger partial charge in [0.1, 0.15) is 12.4 Å². The Balaban J connectivity index is 2.09. The van der Waals surface area contributed by atoms with Crippen molar-refractivity contribution in [2.24, 2.45) is 0 Å². The molecule has 5 nitrogen and oxygen atoms in total. The number of rotatable bonds is 5. The van der Waals surface area contributed by atoms with E-state index in [1.807, 2.05) is 0 Å². The third-order valence-corrected chi connectivity index (χ3v) is 3.33. The Morgan fingerprint density at radius 3 is 2.71 bits per heavy atom. The van der Waals surface area contributed by atoms with Crippen molar-refractivity contribution in [3.05, 3.63) is 68.7 Å². The van der Waals surface area contributed by atoms with E-state index in [0.29, 0.717) is 11.3 Å². The summed E-state index contributed by atoms with van der Waals surface area (Å²) in [6.45, 7) is 1.87. The number of hydrogen-bond acceptors (Lipinski definition) is 4. The lowest BCUT2D eigenvalue weighted by Gasteiger charge is -2.10. The molecule has 0 bridgehead atoms. The van der Waals surface area contributed by atoms with E-state index in [1.165, 1.54) is 12.1 Å². The summed E-state index contributed by atoms with van der Waals surface area (Å²) in [5.41, 5.74) is 1.35. The van der Waals surface area contributed by atoms with Gasteiger partial charge in [-0.05, 0) is 30.7 Å². The lowest BCUT2D eigenvalue weighted by Crippen LogP contribution is -1.98. The number of aliphatic hydroxyl groups is 1. The van der Waals surface area contributed by atoms with Gasteiger partial charge in [-0.25, -0.2) is 0 Å². The Labute approximate surface area is 126 Å². The van der Waals surface area contributed by atoms with Crippen molar-refractivity contribution in [2.75, 3.05) is 0 Å². The predicted molar refractivity (Wildman–Crippen MR) is 79.5 cm³/mol. The van der Waals surface area contributed by atoms with Crippen LogP contribution in [-0.4, -0.2) is 10.0 Å². The molecule has 0 fully saturated rings. The first-order chi connectivity index (χ1) is 9.97. The van der Waals surface area contributed by atoms with Crippen LogP contribution in [0.4, 0.5) is 5.69 Å². The molecule has 2 rings (SSSR count). The van der Waals surface area contributed by atoms with E-state index in [-0.39, 0.29) is 17.3 Å². The van der Waals surface area contributed by atoms with Gasteiger partial charge in [0, 0.05) is 17.7 Å². The quantitative estimate of drug-likeness (QED) is 0.672. The van der Waals surface area contributed by atoms with Crippen LogP contribution in [0.1, 0.15) is 24.2 Å². The molecule has 1 atom stereocenters. The summed E-state index contributed by atoms with van der Waals surface area (Å²) in [6, 6.07) is 11.3. The molecular formula is C15H14ClNO4. The Bertz CT molecular complexity index is 658. The number of nitrogens with zero attached hydrogens (tertiary/aromatic N) is 1. The molecule has 0 aliphatic heterocycles. The van der Waals surface area contributed by atoms with Crippen LogP contribution in [0.3, 0.4) is 0 Å². The highest BCUT2D eigenvalue weighted by molar-refractivity contribution is 6.31. The van der Waals surface area contributed by atoms with Gasteiger partial charge in [-0.3, -0.25) is 10.1 Å². The van der Waals surface area contributed by atoms with E-state index in [2.05, 4.69) is 0 Å². The van der Waals surface area contributed by atoms with Crippen LogP contribution in [-0.2, 0) is 6.61 Å². The molecule has 110 valence electrons. The number of halogens is 1. The Morgan fingerprint density at radius 1 is 1.33 bits per heavy atom. The number of nitro benzene ring substituents is 1.